The van der Waals surface area contributed by atoms with Crippen LogP contribution in [0.5, 0.6) is 5.75 Å². The molecule has 0 aliphatic carbocycles. The second-order valence-electron chi connectivity index (χ2n) is 6.12. The minimum Gasteiger partial charge on any atom is -0.490 e. The van der Waals surface area contributed by atoms with Crippen molar-refractivity contribution in [2.45, 2.75) is 10.4 Å². The highest BCUT2D eigenvalue weighted by Crippen LogP contribution is 2.29. The van der Waals surface area contributed by atoms with Crippen molar-refractivity contribution in [2.24, 2.45) is 0 Å². The topological polar surface area (TPSA) is 67.3 Å². The minimum atomic E-state index is -0.599. The number of rotatable bonds is 8. The molecule has 4 aromatic rings. The number of nitrogens with zero attached hydrogens (tertiary/aromatic N) is 2. The van der Waals surface area contributed by atoms with Crippen LogP contribution in [0.2, 0.25) is 0 Å². The van der Waals surface area contributed by atoms with Gasteiger partial charge in [-0.05, 0) is 23.6 Å². The summed E-state index contributed by atoms with van der Waals surface area (Å²) in [6, 6.07) is 23.8. The van der Waals surface area contributed by atoms with Crippen LogP contribution in [-0.4, -0.2) is 33.8 Å². The third-order valence-corrected chi connectivity index (χ3v) is 6.13. The maximum Gasteiger partial charge on any atom is 0.210 e. The van der Waals surface area contributed by atoms with Crippen molar-refractivity contribution in [1.29, 1.82) is 0 Å². The van der Waals surface area contributed by atoms with Crippen molar-refractivity contribution < 1.29 is 9.84 Å². The van der Waals surface area contributed by atoms with Gasteiger partial charge in [-0.25, -0.2) is 0 Å². The van der Waals surface area contributed by atoms with Crippen LogP contribution in [0.4, 0.5) is 10.8 Å². The predicted octanol–water partition coefficient (Wildman–Crippen LogP) is 4.97. The number of anilines is 2. The molecule has 1 aromatic heterocycles. The van der Waals surface area contributed by atoms with E-state index in [4.69, 9.17) is 4.74 Å². The smallest absolute Gasteiger partial charge is 0.210 e. The third-order valence-electron chi connectivity index (χ3n) is 4.01. The number of thioether (sulfide) groups is 1. The van der Waals surface area contributed by atoms with Gasteiger partial charge in [0.05, 0.1) is 6.10 Å². The summed E-state index contributed by atoms with van der Waals surface area (Å²) in [7, 11) is 0. The van der Waals surface area contributed by atoms with Crippen molar-refractivity contribution in [2.75, 3.05) is 17.7 Å². The van der Waals surface area contributed by atoms with Crippen molar-refractivity contribution >= 4 is 44.7 Å². The molecule has 1 atom stereocenters. The second kappa shape index (κ2) is 9.05. The first-order chi connectivity index (χ1) is 13.8. The quantitative estimate of drug-likeness (QED) is 0.401. The van der Waals surface area contributed by atoms with Gasteiger partial charge in [-0.3, -0.25) is 0 Å². The summed E-state index contributed by atoms with van der Waals surface area (Å²) in [5.74, 6) is 1.28. The molecule has 7 heteroatoms. The predicted molar refractivity (Wildman–Crippen MR) is 116 cm³/mol. The highest BCUT2D eigenvalue weighted by atomic mass is 32.2. The average Bonchev–Trinajstić information content (AvgIpc) is 3.18. The van der Waals surface area contributed by atoms with Gasteiger partial charge in [-0.1, -0.05) is 77.7 Å². The van der Waals surface area contributed by atoms with E-state index < -0.39 is 6.10 Å². The molecular weight excluding hydrogens is 390 g/mol. The first kappa shape index (κ1) is 18.7. The minimum absolute atomic E-state index is 0.231. The summed E-state index contributed by atoms with van der Waals surface area (Å²) in [5.41, 5.74) is 0.971. The van der Waals surface area contributed by atoms with E-state index in [0.29, 0.717) is 5.75 Å². The van der Waals surface area contributed by atoms with E-state index in [1.807, 2.05) is 72.8 Å². The molecule has 28 heavy (non-hydrogen) atoms. The SMILES string of the molecule is O[C@H](COc1cccc2ccccc12)CSc1nnc(Nc2ccccc2)s1. The zero-order chi connectivity index (χ0) is 19.2. The van der Waals surface area contributed by atoms with Gasteiger partial charge in [-0.2, -0.15) is 0 Å². The Balaban J connectivity index is 1.28. The second-order valence-corrected chi connectivity index (χ2v) is 8.36. The van der Waals surface area contributed by atoms with Gasteiger partial charge in [-0.15, -0.1) is 10.2 Å². The number of para-hydroxylation sites is 1. The molecule has 142 valence electrons. The number of ether oxygens (including phenoxy) is 1. The van der Waals surface area contributed by atoms with Gasteiger partial charge in [0.2, 0.25) is 5.13 Å². The normalized spacial score (nSPS) is 12.0. The van der Waals surface area contributed by atoms with Gasteiger partial charge in [0.25, 0.3) is 0 Å². The average molecular weight is 410 g/mol. The van der Waals surface area contributed by atoms with Gasteiger partial charge in [0.1, 0.15) is 12.4 Å². The van der Waals surface area contributed by atoms with Crippen LogP contribution in [0.1, 0.15) is 0 Å². The summed E-state index contributed by atoms with van der Waals surface area (Å²) in [5, 5.41) is 24.7. The Bertz CT molecular complexity index is 1030. The summed E-state index contributed by atoms with van der Waals surface area (Å²) in [4.78, 5) is 0. The van der Waals surface area contributed by atoms with Crippen LogP contribution in [0.15, 0.2) is 77.1 Å². The lowest BCUT2D eigenvalue weighted by molar-refractivity contribution is 0.127. The standard InChI is InChI=1S/C21H19N3O2S2/c25-17(13-26-19-12-6-8-15-7-4-5-11-18(15)19)14-27-21-24-23-20(28-21)22-16-9-2-1-3-10-16/h1-12,17,25H,13-14H2,(H,22,23)/t17-/m1/s1. The molecule has 0 saturated carbocycles. The van der Waals surface area contributed by atoms with Gasteiger partial charge >= 0.3 is 0 Å². The Morgan fingerprint density at radius 2 is 1.75 bits per heavy atom. The molecule has 0 unspecified atom stereocenters. The summed E-state index contributed by atoms with van der Waals surface area (Å²) >= 11 is 2.94. The molecule has 2 N–H and O–H groups in total. The molecule has 0 radical (unpaired) electrons. The molecule has 3 aromatic carbocycles. The van der Waals surface area contributed by atoms with E-state index in [2.05, 4.69) is 15.5 Å². The van der Waals surface area contributed by atoms with Crippen LogP contribution in [0.3, 0.4) is 0 Å². The van der Waals surface area contributed by atoms with Crippen molar-refractivity contribution in [1.82, 2.24) is 10.2 Å². The number of aromatic nitrogens is 2. The third kappa shape index (κ3) is 4.81. The maximum absolute atomic E-state index is 10.3. The van der Waals surface area contributed by atoms with E-state index in [1.165, 1.54) is 23.1 Å². The molecular formula is C21H19N3O2S2. The lowest BCUT2D eigenvalue weighted by Crippen LogP contribution is -2.20. The van der Waals surface area contributed by atoms with E-state index in [9.17, 15) is 5.11 Å². The van der Waals surface area contributed by atoms with E-state index in [1.54, 1.807) is 0 Å². The van der Waals surface area contributed by atoms with E-state index in [0.717, 1.165) is 31.7 Å². The molecule has 0 bridgehead atoms. The number of aliphatic hydroxyl groups is 1. The molecule has 0 amide bonds. The molecule has 4 rings (SSSR count). The summed E-state index contributed by atoms with van der Waals surface area (Å²) < 4.78 is 6.65. The fourth-order valence-electron chi connectivity index (χ4n) is 2.69. The Labute approximate surface area is 171 Å². The molecule has 0 spiro atoms. The zero-order valence-electron chi connectivity index (χ0n) is 15.0. The number of nitrogens with one attached hydrogen (secondary N) is 1. The van der Waals surface area contributed by atoms with Crippen molar-refractivity contribution in [3.8, 4) is 5.75 Å². The molecule has 1 heterocycles. The number of benzene rings is 3. The fourth-order valence-corrected chi connectivity index (χ4v) is 4.39. The number of fused-ring (bicyclic) bond motifs is 1. The number of hydrogen-bond acceptors (Lipinski definition) is 7. The zero-order valence-corrected chi connectivity index (χ0v) is 16.6. The van der Waals surface area contributed by atoms with Crippen LogP contribution < -0.4 is 10.1 Å². The van der Waals surface area contributed by atoms with E-state index in [-0.39, 0.29) is 6.61 Å². The van der Waals surface area contributed by atoms with Gasteiger partial charge in [0, 0.05) is 16.8 Å². The molecule has 0 aliphatic heterocycles. The van der Waals surface area contributed by atoms with Crippen LogP contribution in [0, 0.1) is 0 Å². The number of hydrogen-bond donors (Lipinski definition) is 2. The Hall–Kier alpha value is -2.61. The van der Waals surface area contributed by atoms with Crippen molar-refractivity contribution in [3.05, 3.63) is 72.8 Å². The fraction of sp³-hybridized carbons (Fsp3) is 0.143. The van der Waals surface area contributed by atoms with Crippen LogP contribution in [0.25, 0.3) is 10.8 Å². The maximum atomic E-state index is 10.3. The lowest BCUT2D eigenvalue weighted by Gasteiger charge is -2.13. The van der Waals surface area contributed by atoms with E-state index >= 15 is 0 Å². The Morgan fingerprint density at radius 3 is 2.64 bits per heavy atom. The summed E-state index contributed by atoms with van der Waals surface area (Å²) in [6.45, 7) is 0.231. The Kier molecular flexibility index (Phi) is 6.06. The monoisotopic (exact) mass is 409 g/mol. The molecule has 0 fully saturated rings. The highest BCUT2D eigenvalue weighted by molar-refractivity contribution is 8.01. The van der Waals surface area contributed by atoms with Crippen LogP contribution in [-0.2, 0) is 0 Å². The highest BCUT2D eigenvalue weighted by Gasteiger charge is 2.11. The first-order valence-corrected chi connectivity index (χ1v) is 10.6. The molecule has 0 aliphatic rings. The number of aliphatic hydroxyl groups excluding tert-OH is 1. The molecule has 0 saturated heterocycles. The molecule has 5 nitrogen and oxygen atoms in total. The lowest BCUT2D eigenvalue weighted by atomic mass is 10.1. The summed E-state index contributed by atoms with van der Waals surface area (Å²) in [6.07, 6.45) is -0.599. The Morgan fingerprint density at radius 1 is 0.964 bits per heavy atom. The van der Waals surface area contributed by atoms with Gasteiger partial charge < -0.3 is 15.2 Å². The van der Waals surface area contributed by atoms with Gasteiger partial charge in [0.15, 0.2) is 4.34 Å². The van der Waals surface area contributed by atoms with Crippen LogP contribution >= 0.6 is 23.1 Å². The van der Waals surface area contributed by atoms with Crippen molar-refractivity contribution in [3.63, 3.8) is 0 Å². The largest absolute Gasteiger partial charge is 0.490 e. The first-order valence-electron chi connectivity index (χ1n) is 8.85.